The van der Waals surface area contributed by atoms with Gasteiger partial charge in [0.25, 0.3) is 0 Å². The zero-order chi connectivity index (χ0) is 34.5. The molecule has 0 aliphatic heterocycles. The summed E-state index contributed by atoms with van der Waals surface area (Å²) < 4.78 is 40.6. The molecule has 0 bridgehead atoms. The second-order valence-corrected chi connectivity index (χ2v) is 14.2. The SMILES string of the molecule is O=C(Cc1ccc(Oc2ccc3cc(OC4CCC(NS(=O)(=O)c5ccc(Cl)c(Cl)c5)CC4)ccc3c2)nc1)Nc1ccccc1C(=O)O. The summed E-state index contributed by atoms with van der Waals surface area (Å²) in [5.74, 6) is 0.192. The molecule has 0 atom stereocenters. The fourth-order valence-corrected chi connectivity index (χ4v) is 7.31. The van der Waals surface area contributed by atoms with Crippen molar-refractivity contribution in [2.75, 3.05) is 5.32 Å². The molecule has 1 aromatic heterocycles. The molecular formula is C36H31Cl2N3O7S. The Balaban J connectivity index is 0.999. The number of hydrogen-bond acceptors (Lipinski definition) is 7. The molecule has 49 heavy (non-hydrogen) atoms. The Labute approximate surface area is 293 Å². The number of nitrogens with one attached hydrogen (secondary N) is 2. The quantitative estimate of drug-likeness (QED) is 0.125. The number of halogens is 2. The number of aromatic carboxylic acids is 1. The summed E-state index contributed by atoms with van der Waals surface area (Å²) >= 11 is 11.9. The number of carboxylic acid groups (broad SMARTS) is 1. The van der Waals surface area contributed by atoms with Gasteiger partial charge >= 0.3 is 5.97 Å². The number of rotatable bonds is 11. The van der Waals surface area contributed by atoms with Gasteiger partial charge in [-0.1, -0.05) is 53.5 Å². The summed E-state index contributed by atoms with van der Waals surface area (Å²) in [4.78, 5) is 28.3. The third-order valence-corrected chi connectivity index (χ3v) is 10.4. The van der Waals surface area contributed by atoms with Crippen LogP contribution in [0.1, 0.15) is 41.6 Å². The zero-order valence-corrected chi connectivity index (χ0v) is 28.3. The van der Waals surface area contributed by atoms with Crippen LogP contribution in [0, 0.1) is 0 Å². The molecule has 4 aromatic carbocycles. The molecule has 13 heteroatoms. The lowest BCUT2D eigenvalue weighted by molar-refractivity contribution is -0.115. The van der Waals surface area contributed by atoms with Crippen LogP contribution in [0.5, 0.6) is 17.4 Å². The molecule has 0 spiro atoms. The minimum absolute atomic E-state index is 0.0158. The Morgan fingerprint density at radius 3 is 2.24 bits per heavy atom. The Morgan fingerprint density at radius 2 is 1.55 bits per heavy atom. The largest absolute Gasteiger partial charge is 0.490 e. The fourth-order valence-electron chi connectivity index (χ4n) is 5.62. The summed E-state index contributed by atoms with van der Waals surface area (Å²) in [7, 11) is -3.72. The van der Waals surface area contributed by atoms with Gasteiger partial charge in [-0.2, -0.15) is 0 Å². The van der Waals surface area contributed by atoms with Gasteiger partial charge in [-0.05, 0) is 96.6 Å². The summed E-state index contributed by atoms with van der Waals surface area (Å²) in [6.07, 6.45) is 4.21. The average Bonchev–Trinajstić information content (AvgIpc) is 3.08. The molecule has 6 rings (SSSR count). The van der Waals surface area contributed by atoms with Crippen molar-refractivity contribution in [1.29, 1.82) is 0 Å². The van der Waals surface area contributed by atoms with Crippen molar-refractivity contribution in [3.63, 3.8) is 0 Å². The Hall–Kier alpha value is -4.68. The van der Waals surface area contributed by atoms with E-state index in [1.54, 1.807) is 36.5 Å². The maximum atomic E-state index is 12.8. The molecule has 3 N–H and O–H groups in total. The second kappa shape index (κ2) is 14.8. The third-order valence-electron chi connectivity index (χ3n) is 8.10. The Bertz CT molecular complexity index is 2120. The third kappa shape index (κ3) is 8.68. The lowest BCUT2D eigenvalue weighted by atomic mass is 9.93. The van der Waals surface area contributed by atoms with E-state index in [0.717, 1.165) is 16.5 Å². The standard InChI is InChI=1S/C36H31Cl2N3O7S/c37-31-15-14-29(20-32(31)38)49(45,46)41-25-8-12-26(13-9-25)47-27-10-6-24-19-28(11-7-23(24)18-27)48-35-16-5-22(21-39-35)17-34(42)40-33-4-2-1-3-30(33)36(43)44/h1-7,10-11,14-16,18-21,25-26,41H,8-9,12-13,17H2,(H,40,42)(H,43,44). The number of carbonyl (C=O) groups is 2. The van der Waals surface area contributed by atoms with Crippen LogP contribution in [0.3, 0.4) is 0 Å². The first-order valence-electron chi connectivity index (χ1n) is 15.5. The van der Waals surface area contributed by atoms with E-state index in [9.17, 15) is 23.1 Å². The maximum Gasteiger partial charge on any atom is 0.337 e. The van der Waals surface area contributed by atoms with Crippen molar-refractivity contribution in [3.8, 4) is 17.4 Å². The number of ether oxygens (including phenoxy) is 2. The lowest BCUT2D eigenvalue weighted by Crippen LogP contribution is -2.39. The first kappa shape index (κ1) is 34.2. The molecule has 10 nitrogen and oxygen atoms in total. The predicted molar refractivity (Wildman–Crippen MR) is 187 cm³/mol. The first-order valence-corrected chi connectivity index (χ1v) is 17.7. The molecule has 1 aliphatic rings. The van der Waals surface area contributed by atoms with Crippen LogP contribution in [-0.2, 0) is 21.2 Å². The number of nitrogens with zero attached hydrogens (tertiary/aromatic N) is 1. The molecule has 1 fully saturated rings. The van der Waals surface area contributed by atoms with Crippen LogP contribution in [0.25, 0.3) is 10.8 Å². The number of carboxylic acids is 1. The van der Waals surface area contributed by atoms with Crippen LogP contribution < -0.4 is 19.5 Å². The minimum atomic E-state index is -3.72. The number of aromatic nitrogens is 1. The molecule has 252 valence electrons. The number of para-hydroxylation sites is 1. The first-order chi connectivity index (χ1) is 23.5. The van der Waals surface area contributed by atoms with Gasteiger partial charge in [0.1, 0.15) is 11.5 Å². The second-order valence-electron chi connectivity index (χ2n) is 11.6. The van der Waals surface area contributed by atoms with Crippen molar-refractivity contribution in [3.05, 3.63) is 118 Å². The fraction of sp³-hybridized carbons (Fsp3) is 0.194. The summed E-state index contributed by atoms with van der Waals surface area (Å²) in [6, 6.07) is 25.2. The highest BCUT2D eigenvalue weighted by molar-refractivity contribution is 7.89. The highest BCUT2D eigenvalue weighted by Crippen LogP contribution is 2.31. The predicted octanol–water partition coefficient (Wildman–Crippen LogP) is 7.88. The van der Waals surface area contributed by atoms with Gasteiger partial charge < -0.3 is 19.9 Å². The molecule has 1 saturated carbocycles. The molecule has 0 radical (unpaired) electrons. The molecule has 0 unspecified atom stereocenters. The van der Waals surface area contributed by atoms with E-state index in [2.05, 4.69) is 15.0 Å². The molecular weight excluding hydrogens is 689 g/mol. The molecule has 0 saturated heterocycles. The van der Waals surface area contributed by atoms with Gasteiger partial charge in [-0.25, -0.2) is 22.9 Å². The molecule has 5 aromatic rings. The number of pyridine rings is 1. The smallest absolute Gasteiger partial charge is 0.337 e. The van der Waals surface area contributed by atoms with E-state index in [-0.39, 0.29) is 45.6 Å². The van der Waals surface area contributed by atoms with E-state index in [4.69, 9.17) is 32.7 Å². The van der Waals surface area contributed by atoms with E-state index in [0.29, 0.717) is 47.9 Å². The highest BCUT2D eigenvalue weighted by Gasteiger charge is 2.27. The van der Waals surface area contributed by atoms with Crippen LogP contribution in [0.15, 0.2) is 102 Å². The summed E-state index contributed by atoms with van der Waals surface area (Å²) in [5, 5.41) is 14.4. The number of benzene rings is 4. The highest BCUT2D eigenvalue weighted by atomic mass is 35.5. The van der Waals surface area contributed by atoms with Crippen LogP contribution >= 0.6 is 23.2 Å². The van der Waals surface area contributed by atoms with Crippen molar-refractivity contribution >= 4 is 61.6 Å². The van der Waals surface area contributed by atoms with Gasteiger partial charge in [-0.3, -0.25) is 4.79 Å². The normalized spacial score (nSPS) is 16.2. The van der Waals surface area contributed by atoms with Gasteiger partial charge in [0.15, 0.2) is 0 Å². The lowest BCUT2D eigenvalue weighted by Gasteiger charge is -2.29. The molecule has 1 heterocycles. The van der Waals surface area contributed by atoms with E-state index >= 15 is 0 Å². The Kier molecular flexibility index (Phi) is 10.4. The van der Waals surface area contributed by atoms with Crippen molar-refractivity contribution in [2.24, 2.45) is 0 Å². The van der Waals surface area contributed by atoms with Crippen LogP contribution in [0.2, 0.25) is 10.0 Å². The van der Waals surface area contributed by atoms with Gasteiger partial charge in [0.2, 0.25) is 21.8 Å². The van der Waals surface area contributed by atoms with Crippen molar-refractivity contribution in [1.82, 2.24) is 9.71 Å². The number of anilines is 1. The van der Waals surface area contributed by atoms with Crippen molar-refractivity contribution in [2.45, 2.75) is 49.1 Å². The van der Waals surface area contributed by atoms with Crippen molar-refractivity contribution < 1.29 is 32.6 Å². The van der Waals surface area contributed by atoms with E-state index < -0.39 is 16.0 Å². The van der Waals surface area contributed by atoms with Crippen LogP contribution in [-0.4, -0.2) is 42.5 Å². The summed E-state index contributed by atoms with van der Waals surface area (Å²) in [5.41, 5.74) is 0.889. The number of carbonyl (C=O) groups excluding carboxylic acids is 1. The Morgan fingerprint density at radius 1 is 0.837 bits per heavy atom. The topological polar surface area (TPSA) is 144 Å². The average molecular weight is 721 g/mol. The number of fused-ring (bicyclic) bond motifs is 1. The maximum absolute atomic E-state index is 12.8. The van der Waals surface area contributed by atoms with Crippen LogP contribution in [0.4, 0.5) is 5.69 Å². The van der Waals surface area contributed by atoms with E-state index in [1.807, 2.05) is 36.4 Å². The van der Waals surface area contributed by atoms with Gasteiger partial charge in [0, 0.05) is 18.3 Å². The minimum Gasteiger partial charge on any atom is -0.490 e. The van der Waals surface area contributed by atoms with Gasteiger partial charge in [-0.15, -0.1) is 0 Å². The molecule has 1 amide bonds. The summed E-state index contributed by atoms with van der Waals surface area (Å²) in [6.45, 7) is 0. The number of amides is 1. The monoisotopic (exact) mass is 719 g/mol. The molecule has 1 aliphatic carbocycles. The number of hydrogen-bond donors (Lipinski definition) is 3. The van der Waals surface area contributed by atoms with E-state index in [1.165, 1.54) is 24.3 Å². The zero-order valence-electron chi connectivity index (χ0n) is 25.9. The number of sulfonamides is 1. The van der Waals surface area contributed by atoms with Gasteiger partial charge in [0.05, 0.1) is 38.7 Å².